The molecule has 0 amide bonds. The molecule has 17 heavy (non-hydrogen) atoms. The highest BCUT2D eigenvalue weighted by Gasteiger charge is 2.25. The van der Waals surface area contributed by atoms with E-state index in [2.05, 4.69) is 13.5 Å². The fraction of sp³-hybridized carbons (Fsp3) is 0.643. The standard InChI is InChI=1S/C14H22O3/c1-4-7-8-12(14(15)16-6-3)13-10-9-11(5-2)17-13/h5,11H,2,4,6-10H2,1,3H3/b13-12-. The molecule has 1 rings (SSSR count). The molecule has 1 aliphatic heterocycles. The van der Waals surface area contributed by atoms with Gasteiger partial charge in [-0.15, -0.1) is 0 Å². The predicted molar refractivity (Wildman–Crippen MR) is 67.5 cm³/mol. The lowest BCUT2D eigenvalue weighted by atomic mass is 10.1. The Morgan fingerprint density at radius 3 is 2.88 bits per heavy atom. The lowest BCUT2D eigenvalue weighted by Gasteiger charge is -2.11. The van der Waals surface area contributed by atoms with E-state index in [0.717, 1.165) is 43.4 Å². The molecule has 0 aromatic heterocycles. The minimum absolute atomic E-state index is 0.0519. The van der Waals surface area contributed by atoms with Crippen LogP contribution in [0, 0.1) is 0 Å². The Morgan fingerprint density at radius 1 is 1.59 bits per heavy atom. The highest BCUT2D eigenvalue weighted by atomic mass is 16.5. The van der Waals surface area contributed by atoms with Gasteiger partial charge in [0.05, 0.1) is 12.2 Å². The number of esters is 1. The Bertz CT molecular complexity index is 305. The molecule has 0 radical (unpaired) electrons. The van der Waals surface area contributed by atoms with Crippen LogP contribution in [0.5, 0.6) is 0 Å². The molecular formula is C14H22O3. The number of hydrogen-bond acceptors (Lipinski definition) is 3. The average molecular weight is 238 g/mol. The SMILES string of the molecule is C=CC1CC/C(=C(\CCCC)C(=O)OCC)O1. The first kappa shape index (κ1) is 13.8. The van der Waals surface area contributed by atoms with Crippen LogP contribution in [0.15, 0.2) is 24.0 Å². The van der Waals surface area contributed by atoms with Gasteiger partial charge in [0.15, 0.2) is 0 Å². The molecule has 3 heteroatoms. The first-order valence-electron chi connectivity index (χ1n) is 6.41. The fourth-order valence-corrected chi connectivity index (χ4v) is 1.89. The normalized spacial score (nSPS) is 21.9. The van der Waals surface area contributed by atoms with E-state index in [0.29, 0.717) is 6.61 Å². The lowest BCUT2D eigenvalue weighted by Crippen LogP contribution is -2.11. The summed E-state index contributed by atoms with van der Waals surface area (Å²) < 4.78 is 10.8. The third-order valence-electron chi connectivity index (χ3n) is 2.85. The summed E-state index contributed by atoms with van der Waals surface area (Å²) in [6.45, 7) is 8.05. The van der Waals surface area contributed by atoms with Gasteiger partial charge in [0.25, 0.3) is 0 Å². The number of allylic oxidation sites excluding steroid dienone is 1. The summed E-state index contributed by atoms with van der Waals surface area (Å²) in [4.78, 5) is 11.8. The van der Waals surface area contributed by atoms with Crippen molar-refractivity contribution >= 4 is 5.97 Å². The van der Waals surface area contributed by atoms with E-state index in [-0.39, 0.29) is 12.1 Å². The number of carbonyl (C=O) groups excluding carboxylic acids is 1. The summed E-state index contributed by atoms with van der Waals surface area (Å²) in [5.74, 6) is 0.586. The van der Waals surface area contributed by atoms with Crippen LogP contribution < -0.4 is 0 Å². The van der Waals surface area contributed by atoms with Crippen LogP contribution >= 0.6 is 0 Å². The maximum Gasteiger partial charge on any atom is 0.337 e. The molecule has 3 nitrogen and oxygen atoms in total. The summed E-state index contributed by atoms with van der Waals surface area (Å²) in [6, 6.07) is 0. The van der Waals surface area contributed by atoms with E-state index < -0.39 is 0 Å². The van der Waals surface area contributed by atoms with Crippen molar-refractivity contribution in [3.63, 3.8) is 0 Å². The Labute approximate surface area is 103 Å². The van der Waals surface area contributed by atoms with Crippen molar-refractivity contribution in [3.05, 3.63) is 24.0 Å². The summed E-state index contributed by atoms with van der Waals surface area (Å²) >= 11 is 0. The second kappa shape index (κ2) is 7.15. The third-order valence-corrected chi connectivity index (χ3v) is 2.85. The van der Waals surface area contributed by atoms with Crippen molar-refractivity contribution in [1.29, 1.82) is 0 Å². The van der Waals surface area contributed by atoms with Gasteiger partial charge in [-0.05, 0) is 26.2 Å². The Kier molecular flexibility index (Phi) is 5.81. The van der Waals surface area contributed by atoms with Crippen LogP contribution in [-0.2, 0) is 14.3 Å². The van der Waals surface area contributed by atoms with Crippen molar-refractivity contribution in [2.75, 3.05) is 6.61 Å². The molecule has 0 bridgehead atoms. The predicted octanol–water partition coefficient (Wildman–Crippen LogP) is 3.36. The molecule has 96 valence electrons. The Hall–Kier alpha value is -1.25. The van der Waals surface area contributed by atoms with Gasteiger partial charge in [-0.3, -0.25) is 0 Å². The number of rotatable bonds is 6. The zero-order valence-corrected chi connectivity index (χ0v) is 10.8. The zero-order valence-electron chi connectivity index (χ0n) is 10.8. The molecule has 0 N–H and O–H groups in total. The molecule has 1 atom stereocenters. The fourth-order valence-electron chi connectivity index (χ4n) is 1.89. The quantitative estimate of drug-likeness (QED) is 0.404. The molecule has 0 aromatic rings. The summed E-state index contributed by atoms with van der Waals surface area (Å²) in [6.07, 6.45) is 6.35. The summed E-state index contributed by atoms with van der Waals surface area (Å²) in [5, 5.41) is 0. The van der Waals surface area contributed by atoms with Gasteiger partial charge >= 0.3 is 5.97 Å². The average Bonchev–Trinajstić information content (AvgIpc) is 2.78. The maximum absolute atomic E-state index is 11.8. The van der Waals surface area contributed by atoms with Crippen molar-refractivity contribution in [3.8, 4) is 0 Å². The Balaban J connectivity index is 2.77. The van der Waals surface area contributed by atoms with Crippen molar-refractivity contribution in [2.24, 2.45) is 0 Å². The zero-order chi connectivity index (χ0) is 12.7. The first-order valence-corrected chi connectivity index (χ1v) is 6.41. The van der Waals surface area contributed by atoms with Gasteiger partial charge in [-0.1, -0.05) is 26.0 Å². The molecule has 0 aliphatic carbocycles. The van der Waals surface area contributed by atoms with Crippen LogP contribution in [0.2, 0.25) is 0 Å². The molecule has 1 saturated heterocycles. The summed E-state index contributed by atoms with van der Waals surface area (Å²) in [5.41, 5.74) is 0.720. The molecule has 1 fully saturated rings. The van der Waals surface area contributed by atoms with Gasteiger partial charge in [-0.25, -0.2) is 4.79 Å². The Morgan fingerprint density at radius 2 is 2.35 bits per heavy atom. The van der Waals surface area contributed by atoms with Crippen molar-refractivity contribution in [1.82, 2.24) is 0 Å². The largest absolute Gasteiger partial charge is 0.490 e. The maximum atomic E-state index is 11.8. The number of carbonyl (C=O) groups is 1. The van der Waals surface area contributed by atoms with E-state index >= 15 is 0 Å². The monoisotopic (exact) mass is 238 g/mol. The summed E-state index contributed by atoms with van der Waals surface area (Å²) in [7, 11) is 0. The van der Waals surface area contributed by atoms with Crippen LogP contribution in [0.4, 0.5) is 0 Å². The van der Waals surface area contributed by atoms with Crippen LogP contribution in [0.1, 0.15) is 46.0 Å². The van der Waals surface area contributed by atoms with Gasteiger partial charge < -0.3 is 9.47 Å². The molecule has 0 spiro atoms. The van der Waals surface area contributed by atoms with E-state index in [9.17, 15) is 4.79 Å². The van der Waals surface area contributed by atoms with Crippen LogP contribution in [0.25, 0.3) is 0 Å². The highest BCUT2D eigenvalue weighted by molar-refractivity contribution is 5.89. The first-order chi connectivity index (χ1) is 8.22. The molecule has 0 saturated carbocycles. The van der Waals surface area contributed by atoms with Gasteiger partial charge in [0.1, 0.15) is 11.9 Å². The molecule has 1 heterocycles. The van der Waals surface area contributed by atoms with Crippen molar-refractivity contribution in [2.45, 2.75) is 52.1 Å². The van der Waals surface area contributed by atoms with E-state index in [1.165, 1.54) is 0 Å². The molecule has 1 unspecified atom stereocenters. The topological polar surface area (TPSA) is 35.5 Å². The highest BCUT2D eigenvalue weighted by Crippen LogP contribution is 2.29. The van der Waals surface area contributed by atoms with Crippen LogP contribution in [0.3, 0.4) is 0 Å². The molecule has 1 aliphatic rings. The van der Waals surface area contributed by atoms with Crippen LogP contribution in [-0.4, -0.2) is 18.7 Å². The van der Waals surface area contributed by atoms with Gasteiger partial charge in [0.2, 0.25) is 0 Å². The van der Waals surface area contributed by atoms with Crippen molar-refractivity contribution < 1.29 is 14.3 Å². The third kappa shape index (κ3) is 3.91. The van der Waals surface area contributed by atoms with E-state index in [4.69, 9.17) is 9.47 Å². The number of ether oxygens (including phenoxy) is 2. The minimum Gasteiger partial charge on any atom is -0.490 e. The van der Waals surface area contributed by atoms with Gasteiger partial charge in [0, 0.05) is 6.42 Å². The molecular weight excluding hydrogens is 216 g/mol. The lowest BCUT2D eigenvalue weighted by molar-refractivity contribution is -0.139. The van der Waals surface area contributed by atoms with E-state index in [1.54, 1.807) is 6.08 Å². The van der Waals surface area contributed by atoms with Gasteiger partial charge in [-0.2, -0.15) is 0 Å². The number of unbranched alkanes of at least 4 members (excludes halogenated alkanes) is 1. The van der Waals surface area contributed by atoms with E-state index in [1.807, 2.05) is 6.92 Å². The second-order valence-corrected chi connectivity index (χ2v) is 4.16. The second-order valence-electron chi connectivity index (χ2n) is 4.16. The number of hydrogen-bond donors (Lipinski definition) is 0. The molecule has 0 aromatic carbocycles. The minimum atomic E-state index is -0.222. The smallest absolute Gasteiger partial charge is 0.337 e.